The molecule has 2 heterocycles. The zero-order valence-electron chi connectivity index (χ0n) is 20.0. The van der Waals surface area contributed by atoms with Gasteiger partial charge in [0.25, 0.3) is 5.91 Å². The molecule has 2 rings (SSSR count). The Morgan fingerprint density at radius 1 is 0.938 bits per heavy atom. The standard InChI is InChI=1S/C22H40N4O6/c1-5-6-15-30-24-20(28)26-14-10-8-12-18(26)19(27)23-31-16-17-11-7-9-13-25(17)21(29)32-22(2,3)4/h17-18H,5-16H2,1-4H3,(H,23,27)(H,24,28)/t17-,18+/m1/s1. The Hall–Kier alpha value is -2.07. The van der Waals surface area contributed by atoms with E-state index in [4.69, 9.17) is 14.4 Å². The number of piperidine rings is 2. The molecule has 0 unspecified atom stereocenters. The molecule has 0 aromatic heterocycles. The third-order valence-corrected chi connectivity index (χ3v) is 5.53. The summed E-state index contributed by atoms with van der Waals surface area (Å²) in [5.74, 6) is -0.368. The van der Waals surface area contributed by atoms with Gasteiger partial charge in [-0.2, -0.15) is 0 Å². The molecule has 2 aliphatic rings. The predicted octanol–water partition coefficient (Wildman–Crippen LogP) is 3.12. The van der Waals surface area contributed by atoms with Gasteiger partial charge in [0.2, 0.25) is 0 Å². The number of hydrogen-bond acceptors (Lipinski definition) is 6. The molecule has 2 fully saturated rings. The van der Waals surface area contributed by atoms with Crippen molar-refractivity contribution in [3.8, 4) is 0 Å². The Labute approximate surface area is 191 Å². The van der Waals surface area contributed by atoms with Crippen LogP contribution in [0.3, 0.4) is 0 Å². The van der Waals surface area contributed by atoms with Crippen molar-refractivity contribution in [3.63, 3.8) is 0 Å². The lowest BCUT2D eigenvalue weighted by Crippen LogP contribution is -2.55. The van der Waals surface area contributed by atoms with E-state index in [0.717, 1.165) is 44.9 Å². The molecule has 32 heavy (non-hydrogen) atoms. The fourth-order valence-electron chi connectivity index (χ4n) is 3.85. The fraction of sp³-hybridized carbons (Fsp3) is 0.864. The summed E-state index contributed by atoms with van der Waals surface area (Å²) < 4.78 is 5.50. The van der Waals surface area contributed by atoms with Gasteiger partial charge < -0.3 is 14.5 Å². The lowest BCUT2D eigenvalue weighted by molar-refractivity contribution is -0.141. The highest BCUT2D eigenvalue weighted by molar-refractivity contribution is 5.86. The summed E-state index contributed by atoms with van der Waals surface area (Å²) in [7, 11) is 0. The summed E-state index contributed by atoms with van der Waals surface area (Å²) in [6, 6.07) is -1.20. The van der Waals surface area contributed by atoms with Gasteiger partial charge in [-0.15, -0.1) is 0 Å². The van der Waals surface area contributed by atoms with Crippen LogP contribution in [0.4, 0.5) is 9.59 Å². The zero-order chi connectivity index (χ0) is 23.6. The molecule has 10 heteroatoms. The number of urea groups is 1. The van der Waals surface area contributed by atoms with E-state index in [1.54, 1.807) is 4.90 Å². The first kappa shape index (κ1) is 26.2. The second-order valence-corrected chi connectivity index (χ2v) is 9.41. The van der Waals surface area contributed by atoms with Gasteiger partial charge in [-0.3, -0.25) is 14.5 Å². The molecule has 2 aliphatic heterocycles. The van der Waals surface area contributed by atoms with Crippen LogP contribution in [0, 0.1) is 0 Å². The van der Waals surface area contributed by atoms with Gasteiger partial charge in [0.15, 0.2) is 0 Å². The number of rotatable bonds is 8. The van der Waals surface area contributed by atoms with E-state index in [0.29, 0.717) is 26.1 Å². The normalized spacial score (nSPS) is 21.8. The molecule has 2 N–H and O–H groups in total. The Morgan fingerprint density at radius 3 is 2.31 bits per heavy atom. The predicted molar refractivity (Wildman–Crippen MR) is 118 cm³/mol. The summed E-state index contributed by atoms with van der Waals surface area (Å²) >= 11 is 0. The molecule has 0 aromatic rings. The van der Waals surface area contributed by atoms with E-state index in [9.17, 15) is 14.4 Å². The minimum absolute atomic E-state index is 0.170. The molecule has 10 nitrogen and oxygen atoms in total. The van der Waals surface area contributed by atoms with Gasteiger partial charge in [0.1, 0.15) is 11.6 Å². The summed E-state index contributed by atoms with van der Waals surface area (Å²) in [4.78, 5) is 51.5. The van der Waals surface area contributed by atoms with Crippen LogP contribution < -0.4 is 11.0 Å². The highest BCUT2D eigenvalue weighted by atomic mass is 16.7. The molecule has 0 aliphatic carbocycles. The molecular weight excluding hydrogens is 416 g/mol. The first-order valence-electron chi connectivity index (χ1n) is 11.8. The smallest absolute Gasteiger partial charge is 0.410 e. The number of nitrogens with one attached hydrogen (secondary N) is 2. The number of carbonyl (C=O) groups excluding carboxylic acids is 3. The molecule has 2 saturated heterocycles. The molecule has 0 bridgehead atoms. The largest absolute Gasteiger partial charge is 0.444 e. The number of carbonyl (C=O) groups is 3. The molecule has 0 saturated carbocycles. The first-order chi connectivity index (χ1) is 15.2. The van der Waals surface area contributed by atoms with Crippen LogP contribution in [0.5, 0.6) is 0 Å². The van der Waals surface area contributed by atoms with E-state index in [2.05, 4.69) is 11.0 Å². The van der Waals surface area contributed by atoms with Crippen molar-refractivity contribution in [2.75, 3.05) is 26.3 Å². The van der Waals surface area contributed by atoms with Gasteiger partial charge in [-0.1, -0.05) is 13.3 Å². The monoisotopic (exact) mass is 456 g/mol. The van der Waals surface area contributed by atoms with Crippen molar-refractivity contribution in [2.45, 2.75) is 96.7 Å². The maximum absolute atomic E-state index is 12.7. The molecule has 4 amide bonds. The Balaban J connectivity index is 1.84. The maximum atomic E-state index is 12.7. The number of amides is 4. The summed E-state index contributed by atoms with van der Waals surface area (Å²) in [5.41, 5.74) is 4.34. The van der Waals surface area contributed by atoms with Gasteiger partial charge >= 0.3 is 12.1 Å². The minimum atomic E-state index is -0.619. The van der Waals surface area contributed by atoms with E-state index >= 15 is 0 Å². The summed E-state index contributed by atoms with van der Waals surface area (Å²) in [5, 5.41) is 0. The summed E-state index contributed by atoms with van der Waals surface area (Å²) in [6.45, 7) is 9.23. The average Bonchev–Trinajstić information content (AvgIpc) is 2.75. The third kappa shape index (κ3) is 8.46. The molecule has 184 valence electrons. The third-order valence-electron chi connectivity index (χ3n) is 5.53. The Kier molecular flexibility index (Phi) is 10.5. The van der Waals surface area contributed by atoms with Crippen LogP contribution in [-0.4, -0.2) is 71.8 Å². The molecule has 0 spiro atoms. The highest BCUT2D eigenvalue weighted by Crippen LogP contribution is 2.21. The molecule has 0 aromatic carbocycles. The number of nitrogens with zero attached hydrogens (tertiary/aromatic N) is 2. The Morgan fingerprint density at radius 2 is 1.62 bits per heavy atom. The number of hydrogen-bond donors (Lipinski definition) is 2. The Bertz CT molecular complexity index is 624. The number of likely N-dealkylation sites (tertiary alicyclic amines) is 2. The van der Waals surface area contributed by atoms with Crippen LogP contribution in [-0.2, 0) is 19.2 Å². The second-order valence-electron chi connectivity index (χ2n) is 9.41. The second kappa shape index (κ2) is 12.8. The van der Waals surface area contributed by atoms with Crippen molar-refractivity contribution < 1.29 is 28.8 Å². The van der Waals surface area contributed by atoms with Crippen molar-refractivity contribution in [3.05, 3.63) is 0 Å². The van der Waals surface area contributed by atoms with Gasteiger partial charge in [0.05, 0.1) is 19.3 Å². The van der Waals surface area contributed by atoms with Gasteiger partial charge in [-0.05, 0) is 65.7 Å². The SMILES string of the molecule is CCCCONC(=O)N1CCCC[C@H]1C(=O)NOC[C@H]1CCCCN1C(=O)OC(C)(C)C. The van der Waals surface area contributed by atoms with Gasteiger partial charge in [0, 0.05) is 13.1 Å². The highest BCUT2D eigenvalue weighted by Gasteiger charge is 2.34. The molecule has 2 atom stereocenters. The average molecular weight is 457 g/mol. The first-order valence-corrected chi connectivity index (χ1v) is 11.8. The minimum Gasteiger partial charge on any atom is -0.444 e. The van der Waals surface area contributed by atoms with Crippen molar-refractivity contribution in [1.82, 2.24) is 20.8 Å². The summed E-state index contributed by atoms with van der Waals surface area (Å²) in [6.07, 6.45) is 6.37. The number of hydroxylamine groups is 2. The van der Waals surface area contributed by atoms with E-state index in [1.165, 1.54) is 4.90 Å². The van der Waals surface area contributed by atoms with Crippen LogP contribution in [0.2, 0.25) is 0 Å². The van der Waals surface area contributed by atoms with E-state index < -0.39 is 17.7 Å². The topological polar surface area (TPSA) is 109 Å². The van der Waals surface area contributed by atoms with Crippen molar-refractivity contribution >= 4 is 18.0 Å². The van der Waals surface area contributed by atoms with Crippen molar-refractivity contribution in [2.24, 2.45) is 0 Å². The van der Waals surface area contributed by atoms with Gasteiger partial charge in [-0.25, -0.2) is 20.5 Å². The van der Waals surface area contributed by atoms with E-state index in [1.807, 2.05) is 27.7 Å². The molecule has 0 radical (unpaired) electrons. The van der Waals surface area contributed by atoms with Crippen LogP contribution >= 0.6 is 0 Å². The number of ether oxygens (including phenoxy) is 1. The fourth-order valence-corrected chi connectivity index (χ4v) is 3.85. The quantitative estimate of drug-likeness (QED) is 0.429. The van der Waals surface area contributed by atoms with Crippen LogP contribution in [0.25, 0.3) is 0 Å². The lowest BCUT2D eigenvalue weighted by Gasteiger charge is -2.37. The zero-order valence-corrected chi connectivity index (χ0v) is 20.0. The van der Waals surface area contributed by atoms with Crippen molar-refractivity contribution in [1.29, 1.82) is 0 Å². The molecular formula is C22H40N4O6. The van der Waals surface area contributed by atoms with Crippen LogP contribution in [0.1, 0.15) is 79.1 Å². The lowest BCUT2D eigenvalue weighted by atomic mass is 10.0. The van der Waals surface area contributed by atoms with E-state index in [-0.39, 0.29) is 24.6 Å². The van der Waals surface area contributed by atoms with Crippen LogP contribution in [0.15, 0.2) is 0 Å². The maximum Gasteiger partial charge on any atom is 0.410 e. The number of unbranched alkanes of at least 4 members (excludes halogenated alkanes) is 1.